The van der Waals surface area contributed by atoms with E-state index in [0.717, 1.165) is 29.8 Å². The first-order valence-corrected chi connectivity index (χ1v) is 4.94. The van der Waals surface area contributed by atoms with Crippen LogP contribution in [0.5, 0.6) is 0 Å². The van der Waals surface area contributed by atoms with Gasteiger partial charge in [0.05, 0.1) is 5.69 Å². The van der Waals surface area contributed by atoms with Crippen molar-refractivity contribution in [3.63, 3.8) is 0 Å². The minimum absolute atomic E-state index is 0.0910. The fourth-order valence-electron chi connectivity index (χ4n) is 1.60. The molecule has 0 unspecified atom stereocenters. The van der Waals surface area contributed by atoms with E-state index in [2.05, 4.69) is 9.97 Å². The number of nitrogens with zero attached hydrogens (tertiary/aromatic N) is 1. The second kappa shape index (κ2) is 4.91. The van der Waals surface area contributed by atoms with Gasteiger partial charge in [0.25, 0.3) is 0 Å². The summed E-state index contributed by atoms with van der Waals surface area (Å²) in [6.07, 6.45) is 2.06. The predicted octanol–water partition coefficient (Wildman–Crippen LogP) is 0.429. The van der Waals surface area contributed by atoms with E-state index in [1.165, 1.54) is 0 Å². The number of aromatic nitrogens is 2. The lowest BCUT2D eigenvalue weighted by Gasteiger charge is -2.09. The predicted molar refractivity (Wildman–Crippen MR) is 54.4 cm³/mol. The number of rotatable bonds is 4. The SMILES string of the molecule is CCc1nc(=O)[nH]c(CC)c1CCO. The van der Waals surface area contributed by atoms with E-state index in [4.69, 9.17) is 5.11 Å². The van der Waals surface area contributed by atoms with Gasteiger partial charge >= 0.3 is 5.69 Å². The quantitative estimate of drug-likeness (QED) is 0.734. The first kappa shape index (κ1) is 10.9. The van der Waals surface area contributed by atoms with Gasteiger partial charge in [-0.25, -0.2) is 4.79 Å². The third-order valence-electron chi connectivity index (χ3n) is 2.26. The van der Waals surface area contributed by atoms with E-state index in [1.807, 2.05) is 13.8 Å². The highest BCUT2D eigenvalue weighted by Gasteiger charge is 2.08. The van der Waals surface area contributed by atoms with Crippen LogP contribution in [-0.4, -0.2) is 21.7 Å². The molecule has 0 saturated heterocycles. The molecule has 1 aromatic rings. The smallest absolute Gasteiger partial charge is 0.345 e. The number of aromatic amines is 1. The molecule has 14 heavy (non-hydrogen) atoms. The zero-order valence-corrected chi connectivity index (χ0v) is 8.63. The third kappa shape index (κ3) is 2.20. The lowest BCUT2D eigenvalue weighted by molar-refractivity contribution is 0.298. The van der Waals surface area contributed by atoms with Crippen LogP contribution in [0.3, 0.4) is 0 Å². The van der Waals surface area contributed by atoms with Gasteiger partial charge in [-0.1, -0.05) is 13.8 Å². The minimum atomic E-state index is -0.291. The molecule has 0 aromatic carbocycles. The molecule has 1 rings (SSSR count). The fraction of sp³-hybridized carbons (Fsp3) is 0.600. The highest BCUT2D eigenvalue weighted by molar-refractivity contribution is 5.25. The van der Waals surface area contributed by atoms with Crippen LogP contribution in [0.4, 0.5) is 0 Å². The maximum atomic E-state index is 11.2. The zero-order valence-electron chi connectivity index (χ0n) is 8.63. The van der Waals surface area contributed by atoms with Crippen molar-refractivity contribution in [1.29, 1.82) is 0 Å². The van der Waals surface area contributed by atoms with Gasteiger partial charge in [-0.15, -0.1) is 0 Å². The molecule has 4 nitrogen and oxygen atoms in total. The maximum Gasteiger partial charge on any atom is 0.345 e. The van der Waals surface area contributed by atoms with Crippen molar-refractivity contribution in [2.75, 3.05) is 6.61 Å². The van der Waals surface area contributed by atoms with Crippen molar-refractivity contribution in [3.8, 4) is 0 Å². The Kier molecular flexibility index (Phi) is 3.83. The number of nitrogens with one attached hydrogen (secondary N) is 1. The standard InChI is InChI=1S/C10H16N2O2/c1-3-8-7(5-6-13)9(4-2)12-10(14)11-8/h13H,3-6H2,1-2H3,(H,11,12,14). The molecule has 0 aliphatic rings. The van der Waals surface area contributed by atoms with Crippen LogP contribution in [0.25, 0.3) is 0 Å². The minimum Gasteiger partial charge on any atom is -0.396 e. The summed E-state index contributed by atoms with van der Waals surface area (Å²) in [4.78, 5) is 17.8. The van der Waals surface area contributed by atoms with E-state index in [-0.39, 0.29) is 12.3 Å². The molecule has 0 atom stereocenters. The second-order valence-corrected chi connectivity index (χ2v) is 3.13. The molecule has 0 aliphatic carbocycles. The molecular weight excluding hydrogens is 180 g/mol. The van der Waals surface area contributed by atoms with Crippen LogP contribution in [0.1, 0.15) is 30.8 Å². The highest BCUT2D eigenvalue weighted by Crippen LogP contribution is 2.10. The number of hydrogen-bond acceptors (Lipinski definition) is 3. The van der Waals surface area contributed by atoms with Gasteiger partial charge in [0, 0.05) is 12.3 Å². The monoisotopic (exact) mass is 196 g/mol. The number of aliphatic hydroxyl groups is 1. The summed E-state index contributed by atoms with van der Waals surface area (Å²) in [5, 5.41) is 8.91. The van der Waals surface area contributed by atoms with Gasteiger partial charge in [0.15, 0.2) is 0 Å². The van der Waals surface area contributed by atoms with Crippen molar-refractivity contribution >= 4 is 0 Å². The summed E-state index contributed by atoms with van der Waals surface area (Å²) in [6, 6.07) is 0. The summed E-state index contributed by atoms with van der Waals surface area (Å²) in [5.74, 6) is 0. The molecule has 0 fully saturated rings. The topological polar surface area (TPSA) is 66.0 Å². The number of aliphatic hydroxyl groups excluding tert-OH is 1. The average Bonchev–Trinajstić information content (AvgIpc) is 2.20. The molecule has 0 spiro atoms. The summed E-state index contributed by atoms with van der Waals surface area (Å²) < 4.78 is 0. The van der Waals surface area contributed by atoms with Crippen LogP contribution in [0.15, 0.2) is 4.79 Å². The first-order chi connectivity index (χ1) is 6.72. The molecule has 4 heteroatoms. The molecule has 0 aliphatic heterocycles. The normalized spacial score (nSPS) is 10.5. The summed E-state index contributed by atoms with van der Waals surface area (Å²) in [6.45, 7) is 4.03. The van der Waals surface area contributed by atoms with Crippen molar-refractivity contribution in [1.82, 2.24) is 9.97 Å². The largest absolute Gasteiger partial charge is 0.396 e. The summed E-state index contributed by atoms with van der Waals surface area (Å²) in [5.41, 5.74) is 2.41. The molecule has 0 radical (unpaired) electrons. The van der Waals surface area contributed by atoms with Gasteiger partial charge in [0.2, 0.25) is 0 Å². The van der Waals surface area contributed by atoms with E-state index in [9.17, 15) is 4.79 Å². The Bertz CT molecular complexity index is 329. The Morgan fingerprint density at radius 3 is 2.57 bits per heavy atom. The van der Waals surface area contributed by atoms with Gasteiger partial charge in [-0.3, -0.25) is 0 Å². The fourth-order valence-corrected chi connectivity index (χ4v) is 1.60. The molecule has 0 amide bonds. The Labute approximate surface area is 83.0 Å². The Morgan fingerprint density at radius 1 is 1.36 bits per heavy atom. The third-order valence-corrected chi connectivity index (χ3v) is 2.26. The number of H-pyrrole nitrogens is 1. The van der Waals surface area contributed by atoms with Crippen LogP contribution in [0, 0.1) is 0 Å². The number of aryl methyl sites for hydroxylation is 2. The van der Waals surface area contributed by atoms with Crippen molar-refractivity contribution in [2.45, 2.75) is 33.1 Å². The van der Waals surface area contributed by atoms with Crippen LogP contribution in [-0.2, 0) is 19.3 Å². The van der Waals surface area contributed by atoms with Crippen LogP contribution >= 0.6 is 0 Å². The molecule has 1 aromatic heterocycles. The zero-order chi connectivity index (χ0) is 10.6. The molecule has 1 heterocycles. The van der Waals surface area contributed by atoms with E-state index >= 15 is 0 Å². The average molecular weight is 196 g/mol. The van der Waals surface area contributed by atoms with E-state index in [1.54, 1.807) is 0 Å². The summed E-state index contributed by atoms with van der Waals surface area (Å²) >= 11 is 0. The van der Waals surface area contributed by atoms with E-state index < -0.39 is 0 Å². The highest BCUT2D eigenvalue weighted by atomic mass is 16.3. The Hall–Kier alpha value is -1.16. The Balaban J connectivity index is 3.25. The van der Waals surface area contributed by atoms with Crippen LogP contribution in [0.2, 0.25) is 0 Å². The second-order valence-electron chi connectivity index (χ2n) is 3.13. The first-order valence-electron chi connectivity index (χ1n) is 4.94. The Morgan fingerprint density at radius 2 is 2.07 bits per heavy atom. The van der Waals surface area contributed by atoms with Crippen molar-refractivity contribution < 1.29 is 5.11 Å². The molecule has 78 valence electrons. The van der Waals surface area contributed by atoms with Gasteiger partial charge in [-0.2, -0.15) is 4.98 Å². The van der Waals surface area contributed by atoms with E-state index in [0.29, 0.717) is 6.42 Å². The molecule has 2 N–H and O–H groups in total. The van der Waals surface area contributed by atoms with Crippen LogP contribution < -0.4 is 5.69 Å². The van der Waals surface area contributed by atoms with Crippen molar-refractivity contribution in [3.05, 3.63) is 27.4 Å². The van der Waals surface area contributed by atoms with Gasteiger partial charge < -0.3 is 10.1 Å². The molecule has 0 saturated carbocycles. The number of hydrogen-bond donors (Lipinski definition) is 2. The lowest BCUT2D eigenvalue weighted by atomic mass is 10.1. The lowest BCUT2D eigenvalue weighted by Crippen LogP contribution is -2.19. The maximum absolute atomic E-state index is 11.2. The summed E-state index contributed by atoms with van der Waals surface area (Å²) in [7, 11) is 0. The molecule has 0 bridgehead atoms. The van der Waals surface area contributed by atoms with Gasteiger partial charge in [-0.05, 0) is 24.8 Å². The van der Waals surface area contributed by atoms with Gasteiger partial charge in [0.1, 0.15) is 0 Å². The molecular formula is C10H16N2O2. The van der Waals surface area contributed by atoms with Crippen molar-refractivity contribution in [2.24, 2.45) is 0 Å².